The van der Waals surface area contributed by atoms with Gasteiger partial charge < -0.3 is 10.1 Å². The molecule has 0 aromatic heterocycles. The van der Waals surface area contributed by atoms with E-state index in [1.807, 2.05) is 0 Å². The zero-order valence-corrected chi connectivity index (χ0v) is 20.1. The van der Waals surface area contributed by atoms with Crippen LogP contribution in [0.2, 0.25) is 0 Å². The number of benzene rings is 1. The Balaban J connectivity index is 1.53. The fraction of sp³-hybridized carbons (Fsp3) is 0.700. The summed E-state index contributed by atoms with van der Waals surface area (Å²) in [6.07, 6.45) is 9.62. The molecule has 5 nitrogen and oxygen atoms in total. The minimum absolute atomic E-state index is 0.0805. The maximum atomic E-state index is 13.2. The molecule has 4 aliphatic rings. The van der Waals surface area contributed by atoms with Gasteiger partial charge in [0.05, 0.1) is 16.5 Å². The van der Waals surface area contributed by atoms with Gasteiger partial charge in [0.25, 0.3) is 0 Å². The third-order valence-corrected chi connectivity index (χ3v) is 9.93. The third kappa shape index (κ3) is 4.17. The first-order valence-corrected chi connectivity index (χ1v) is 13.2. The molecular formula is C20H28Br2N2O3S. The van der Waals surface area contributed by atoms with Crippen molar-refractivity contribution in [3.05, 3.63) is 21.1 Å². The molecule has 0 spiro atoms. The predicted molar refractivity (Wildman–Crippen MR) is 117 cm³/mol. The Morgan fingerprint density at radius 2 is 1.89 bits per heavy atom. The van der Waals surface area contributed by atoms with Crippen molar-refractivity contribution in [3.63, 3.8) is 0 Å². The van der Waals surface area contributed by atoms with Crippen LogP contribution >= 0.6 is 31.9 Å². The van der Waals surface area contributed by atoms with Gasteiger partial charge in [-0.05, 0) is 88.3 Å². The summed E-state index contributed by atoms with van der Waals surface area (Å²) < 4.78 is 36.1. The predicted octanol–water partition coefficient (Wildman–Crippen LogP) is 4.59. The highest BCUT2D eigenvalue weighted by Gasteiger charge is 2.50. The van der Waals surface area contributed by atoms with Crippen LogP contribution in [-0.4, -0.2) is 33.7 Å². The molecule has 8 heteroatoms. The van der Waals surface area contributed by atoms with Gasteiger partial charge in [-0.25, -0.2) is 13.1 Å². The molecule has 0 aliphatic heterocycles. The lowest BCUT2D eigenvalue weighted by molar-refractivity contribution is 0.179. The summed E-state index contributed by atoms with van der Waals surface area (Å²) in [6.45, 7) is 0.710. The van der Waals surface area contributed by atoms with Gasteiger partial charge in [0.15, 0.2) is 0 Å². The van der Waals surface area contributed by atoms with Gasteiger partial charge in [0, 0.05) is 28.7 Å². The molecule has 0 unspecified atom stereocenters. The molecule has 1 aromatic carbocycles. The van der Waals surface area contributed by atoms with Gasteiger partial charge in [-0.3, -0.25) is 0 Å². The standard InChI is InChI=1S/C20H28Br2N2O3S/c1-27-18-9-19(16(22)8-15(18)21)28(25,26)24-17(14-4-2-3-5-14)12-23-20-7-6-13(10-20)11-20/h8-9,13-14,17,23-24H,2-7,10-12H2,1H3/t13?,17-,20?/m0/s1. The van der Waals surface area contributed by atoms with Crippen molar-refractivity contribution >= 4 is 41.9 Å². The molecule has 4 aliphatic carbocycles. The Bertz CT molecular complexity index is 829. The van der Waals surface area contributed by atoms with Crippen LogP contribution < -0.4 is 14.8 Å². The number of methoxy groups -OCH3 is 1. The van der Waals surface area contributed by atoms with Crippen LogP contribution in [-0.2, 0) is 10.0 Å². The van der Waals surface area contributed by atoms with E-state index in [2.05, 4.69) is 41.9 Å². The van der Waals surface area contributed by atoms with Crippen LogP contribution in [0.25, 0.3) is 0 Å². The summed E-state index contributed by atoms with van der Waals surface area (Å²) in [4.78, 5) is 0.221. The van der Waals surface area contributed by atoms with Crippen molar-refractivity contribution < 1.29 is 13.2 Å². The minimum Gasteiger partial charge on any atom is -0.496 e. The first kappa shape index (κ1) is 21.1. The van der Waals surface area contributed by atoms with Crippen molar-refractivity contribution in [1.82, 2.24) is 10.0 Å². The summed E-state index contributed by atoms with van der Waals surface area (Å²) in [5, 5.41) is 3.75. The van der Waals surface area contributed by atoms with Crippen LogP contribution in [0.3, 0.4) is 0 Å². The topological polar surface area (TPSA) is 67.4 Å². The molecule has 2 N–H and O–H groups in total. The highest BCUT2D eigenvalue weighted by atomic mass is 79.9. The molecule has 2 bridgehead atoms. The number of hydrogen-bond donors (Lipinski definition) is 2. The van der Waals surface area contributed by atoms with Crippen molar-refractivity contribution in [1.29, 1.82) is 0 Å². The lowest BCUT2D eigenvalue weighted by Crippen LogP contribution is -2.55. The number of fused-ring (bicyclic) bond motifs is 1. The Kier molecular flexibility index (Phi) is 6.16. The number of halogens is 2. The number of hydrogen-bond acceptors (Lipinski definition) is 4. The van der Waals surface area contributed by atoms with Crippen LogP contribution in [0.4, 0.5) is 0 Å². The fourth-order valence-electron chi connectivity index (χ4n) is 5.29. The molecule has 4 saturated carbocycles. The quantitative estimate of drug-likeness (QED) is 0.511. The van der Waals surface area contributed by atoms with E-state index < -0.39 is 10.0 Å². The van der Waals surface area contributed by atoms with E-state index in [1.165, 1.54) is 45.6 Å². The largest absolute Gasteiger partial charge is 0.496 e. The third-order valence-electron chi connectivity index (χ3n) is 6.86. The SMILES string of the molecule is COc1cc(S(=O)(=O)N[C@@H](CNC23CCC(C2)C3)C2CCCC2)c(Br)cc1Br. The van der Waals surface area contributed by atoms with Gasteiger partial charge >= 0.3 is 0 Å². The maximum Gasteiger partial charge on any atom is 0.242 e. The maximum absolute atomic E-state index is 13.2. The zero-order valence-electron chi connectivity index (χ0n) is 16.1. The van der Waals surface area contributed by atoms with Gasteiger partial charge in [-0.15, -0.1) is 0 Å². The Hall–Kier alpha value is -0.150. The lowest BCUT2D eigenvalue weighted by atomic mass is 9.77. The fourth-order valence-corrected chi connectivity index (χ4v) is 8.47. The van der Waals surface area contributed by atoms with E-state index in [0.717, 1.165) is 23.2 Å². The molecule has 0 amide bonds. The average molecular weight is 536 g/mol. The zero-order chi connectivity index (χ0) is 19.9. The van der Waals surface area contributed by atoms with E-state index >= 15 is 0 Å². The number of ether oxygens (including phenoxy) is 1. The van der Waals surface area contributed by atoms with E-state index in [9.17, 15) is 8.42 Å². The molecule has 4 fully saturated rings. The average Bonchev–Trinajstić information content (AvgIpc) is 3.35. The summed E-state index contributed by atoms with van der Waals surface area (Å²) in [5.74, 6) is 1.79. The minimum atomic E-state index is -3.67. The number of sulfonamides is 1. The number of rotatable bonds is 8. The first-order valence-electron chi connectivity index (χ1n) is 10.1. The molecule has 0 radical (unpaired) electrons. The smallest absolute Gasteiger partial charge is 0.242 e. The Labute approximate surface area is 184 Å². The van der Waals surface area contributed by atoms with Crippen molar-refractivity contribution in [2.45, 2.75) is 67.8 Å². The molecule has 28 heavy (non-hydrogen) atoms. The summed E-state index contributed by atoms with van der Waals surface area (Å²) in [7, 11) is -2.13. The summed E-state index contributed by atoms with van der Waals surface area (Å²) >= 11 is 6.81. The van der Waals surface area contributed by atoms with Gasteiger partial charge in [0.2, 0.25) is 10.0 Å². The van der Waals surface area contributed by atoms with E-state index in [4.69, 9.17) is 4.74 Å². The molecular weight excluding hydrogens is 508 g/mol. The van der Waals surface area contributed by atoms with Crippen LogP contribution in [0.5, 0.6) is 5.75 Å². The van der Waals surface area contributed by atoms with Gasteiger partial charge in [-0.2, -0.15) is 0 Å². The molecule has 1 atom stereocenters. The van der Waals surface area contributed by atoms with E-state index in [-0.39, 0.29) is 16.5 Å². The monoisotopic (exact) mass is 534 g/mol. The second kappa shape index (κ2) is 8.17. The summed E-state index contributed by atoms with van der Waals surface area (Å²) in [5.41, 5.74) is 0.272. The van der Waals surface area contributed by atoms with Crippen LogP contribution in [0.1, 0.15) is 51.4 Å². The first-order chi connectivity index (χ1) is 13.3. The van der Waals surface area contributed by atoms with Gasteiger partial charge in [0.1, 0.15) is 5.75 Å². The Morgan fingerprint density at radius 3 is 2.50 bits per heavy atom. The van der Waals surface area contributed by atoms with Crippen molar-refractivity contribution in [2.24, 2.45) is 11.8 Å². The van der Waals surface area contributed by atoms with Gasteiger partial charge in [-0.1, -0.05) is 12.8 Å². The number of nitrogens with one attached hydrogen (secondary N) is 2. The van der Waals surface area contributed by atoms with Crippen molar-refractivity contribution in [2.75, 3.05) is 13.7 Å². The normalized spacial score (nSPS) is 28.3. The van der Waals surface area contributed by atoms with Crippen LogP contribution in [0, 0.1) is 11.8 Å². The highest BCUT2D eigenvalue weighted by molar-refractivity contribution is 9.11. The lowest BCUT2D eigenvalue weighted by Gasteiger charge is -2.41. The van der Waals surface area contributed by atoms with E-state index in [1.54, 1.807) is 12.1 Å². The molecule has 1 aromatic rings. The molecule has 0 heterocycles. The second-order valence-electron chi connectivity index (χ2n) is 8.66. The molecule has 156 valence electrons. The van der Waals surface area contributed by atoms with E-state index in [0.29, 0.717) is 22.7 Å². The molecule has 0 saturated heterocycles. The highest BCUT2D eigenvalue weighted by Crippen LogP contribution is 2.51. The summed E-state index contributed by atoms with van der Waals surface area (Å²) in [6, 6.07) is 3.22. The van der Waals surface area contributed by atoms with Crippen molar-refractivity contribution in [3.8, 4) is 5.75 Å². The Morgan fingerprint density at radius 1 is 1.18 bits per heavy atom. The second-order valence-corrected chi connectivity index (χ2v) is 12.1. The van der Waals surface area contributed by atoms with Crippen LogP contribution in [0.15, 0.2) is 26.0 Å². The molecule has 5 rings (SSSR count).